The first-order chi connectivity index (χ1) is 2.73. The van der Waals surface area contributed by atoms with Crippen LogP contribution >= 0.6 is 24.9 Å². The molecule has 0 aromatic carbocycles. The number of hydrogen-bond donors (Lipinski definition) is 1. The van der Waals surface area contributed by atoms with Crippen LogP contribution in [0.3, 0.4) is 0 Å². The molecular weight excluding hydrogens is 340 g/mol. The fraction of sp³-hybridized carbons (Fsp3) is 1.00. The van der Waals surface area contributed by atoms with E-state index in [-0.39, 0.29) is 0 Å². The van der Waals surface area contributed by atoms with Gasteiger partial charge in [-0.3, -0.25) is 0 Å². The first-order valence-electron chi connectivity index (χ1n) is 1.23. The van der Waals surface area contributed by atoms with Crippen LogP contribution in [0, 0.1) is 0 Å². The van der Waals surface area contributed by atoms with E-state index in [1.165, 1.54) is 7.05 Å². The predicted molar refractivity (Wildman–Crippen MR) is 34.8 cm³/mol. The van der Waals surface area contributed by atoms with E-state index in [9.17, 15) is 0 Å². The number of rotatable bonds is 0. The summed E-state index contributed by atoms with van der Waals surface area (Å²) in [4.78, 5) is 0. The summed E-state index contributed by atoms with van der Waals surface area (Å²) < 4.78 is 0. The van der Waals surface area contributed by atoms with Crippen molar-refractivity contribution in [1.29, 1.82) is 0 Å². The van der Waals surface area contributed by atoms with Crippen molar-refractivity contribution in [3.63, 3.8) is 0 Å². The van der Waals surface area contributed by atoms with Gasteiger partial charge in [0, 0.05) is 0 Å². The molecule has 0 aliphatic rings. The van der Waals surface area contributed by atoms with Gasteiger partial charge in [-0.1, -0.05) is 0 Å². The molecule has 0 radical (unpaired) electrons. The predicted octanol–water partition coefficient (Wildman–Crippen LogP) is 0.995. The molecule has 0 atom stereocenters. The van der Waals surface area contributed by atoms with Crippen LogP contribution in [0.1, 0.15) is 0 Å². The van der Waals surface area contributed by atoms with Crippen molar-refractivity contribution in [2.75, 3.05) is 7.05 Å². The molecule has 0 bridgehead atoms. The average Bonchev–Trinajstić information content (AvgIpc) is 1.41. The summed E-state index contributed by atoms with van der Waals surface area (Å²) in [7, 11) is 16.6. The van der Waals surface area contributed by atoms with Gasteiger partial charge in [0.15, 0.2) is 0 Å². The Labute approximate surface area is 56.3 Å². The summed E-state index contributed by atoms with van der Waals surface area (Å²) in [6.07, 6.45) is 0. The third-order valence-electron chi connectivity index (χ3n) is 0. The van der Waals surface area contributed by atoms with Crippen LogP contribution in [0.2, 0.25) is 0 Å². The molecule has 0 aliphatic heterocycles. The normalized spacial score (nSPS) is 7.00. The Morgan fingerprint density at radius 1 is 1.17 bits per heavy atom. The first kappa shape index (κ1) is 10.7. The molecule has 0 saturated heterocycles. The Morgan fingerprint density at radius 3 is 1.17 bits per heavy atom. The molecule has 0 aliphatic carbocycles. The van der Waals surface area contributed by atoms with Gasteiger partial charge in [0.25, 0.3) is 0 Å². The van der Waals surface area contributed by atoms with Gasteiger partial charge in [-0.05, 0) is 7.05 Å². The van der Waals surface area contributed by atoms with E-state index in [4.69, 9.17) is 24.9 Å². The van der Waals surface area contributed by atoms with Crippen molar-refractivity contribution in [3.8, 4) is 0 Å². The first-order valence-corrected chi connectivity index (χ1v) is 17.8. The zero-order valence-corrected chi connectivity index (χ0v) is 10.0. The fourth-order valence-corrected chi connectivity index (χ4v) is 0. The van der Waals surface area contributed by atoms with Crippen molar-refractivity contribution < 1.29 is 0 Å². The average molecular weight is 346 g/mol. The van der Waals surface area contributed by atoms with E-state index in [1.54, 1.807) is 0 Å². The quantitative estimate of drug-likeness (QED) is 0.651. The Balaban J connectivity index is 0. The van der Waals surface area contributed by atoms with Crippen LogP contribution in [-0.4, -0.2) is 26.1 Å². The topological polar surface area (TPSA) is 26.0 Å². The SMILES string of the molecule is CN.[Cl][PbH]([Cl])[Cl]. The third kappa shape index (κ3) is 42.3. The molecule has 6 heavy (non-hydrogen) atoms. The van der Waals surface area contributed by atoms with Crippen molar-refractivity contribution in [2.45, 2.75) is 0 Å². The van der Waals surface area contributed by atoms with Gasteiger partial charge < -0.3 is 5.73 Å². The van der Waals surface area contributed by atoms with Gasteiger partial charge in [-0.2, -0.15) is 0 Å². The number of halogens is 3. The number of hydrogen-bond acceptors (Lipinski definition) is 1. The Morgan fingerprint density at radius 2 is 1.17 bits per heavy atom. The molecule has 1 nitrogen and oxygen atoms in total. The summed E-state index contributed by atoms with van der Waals surface area (Å²) >= 11 is -2.31. The maximum absolute atomic E-state index is 5.03. The second kappa shape index (κ2) is 9.89. The fourth-order valence-electron chi connectivity index (χ4n) is 0. The molecule has 0 saturated carbocycles. The molecule has 0 rings (SSSR count). The molecule has 0 spiro atoms. The summed E-state index contributed by atoms with van der Waals surface area (Å²) in [5.74, 6) is 0. The van der Waals surface area contributed by atoms with E-state index < -0.39 is 19.0 Å². The molecule has 2 N–H and O–H groups in total. The molecule has 0 heterocycles. The molecule has 0 unspecified atom stereocenters. The van der Waals surface area contributed by atoms with Crippen LogP contribution in [-0.2, 0) is 0 Å². The van der Waals surface area contributed by atoms with Gasteiger partial charge in [-0.25, -0.2) is 0 Å². The van der Waals surface area contributed by atoms with Gasteiger partial charge in [0.05, 0.1) is 0 Å². The summed E-state index contributed by atoms with van der Waals surface area (Å²) in [6.45, 7) is 0. The van der Waals surface area contributed by atoms with Gasteiger partial charge in [0.2, 0.25) is 0 Å². The Bertz CT molecular complexity index is 15.5. The van der Waals surface area contributed by atoms with Crippen molar-refractivity contribution >= 4 is 44.0 Å². The minimum absolute atomic E-state index is 1.50. The minimum atomic E-state index is -2.31. The molecule has 0 amide bonds. The van der Waals surface area contributed by atoms with Gasteiger partial charge >= 0.3 is 44.0 Å². The zero-order valence-electron chi connectivity index (χ0n) is 3.29. The van der Waals surface area contributed by atoms with Gasteiger partial charge in [0.1, 0.15) is 0 Å². The monoisotopic (exact) mass is 345 g/mol. The van der Waals surface area contributed by atoms with Crippen LogP contribution < -0.4 is 5.73 Å². The zero-order chi connectivity index (χ0) is 5.58. The van der Waals surface area contributed by atoms with Crippen LogP contribution in [0.5, 0.6) is 0 Å². The van der Waals surface area contributed by atoms with Crippen molar-refractivity contribution in [1.82, 2.24) is 0 Å². The van der Waals surface area contributed by atoms with Crippen LogP contribution in [0.4, 0.5) is 0 Å². The van der Waals surface area contributed by atoms with E-state index >= 15 is 0 Å². The second-order valence-corrected chi connectivity index (χ2v) is 19.5. The van der Waals surface area contributed by atoms with Crippen molar-refractivity contribution in [2.24, 2.45) is 5.73 Å². The molecule has 0 aromatic heterocycles. The van der Waals surface area contributed by atoms with E-state index in [0.717, 1.165) is 0 Å². The summed E-state index contributed by atoms with van der Waals surface area (Å²) in [5.41, 5.74) is 4.50. The molecule has 5 heteroatoms. The third-order valence-corrected chi connectivity index (χ3v) is 0. The Hall–Kier alpha value is 1.75. The van der Waals surface area contributed by atoms with Crippen LogP contribution in [0.15, 0.2) is 0 Å². The van der Waals surface area contributed by atoms with E-state index in [2.05, 4.69) is 5.73 Å². The molecule has 40 valence electrons. The van der Waals surface area contributed by atoms with Crippen molar-refractivity contribution in [3.05, 3.63) is 0 Å². The summed E-state index contributed by atoms with van der Waals surface area (Å²) in [5, 5.41) is 0. The second-order valence-electron chi connectivity index (χ2n) is 0.247. The maximum atomic E-state index is 5.03. The Kier molecular flexibility index (Phi) is 17.6. The van der Waals surface area contributed by atoms with Gasteiger partial charge in [-0.15, -0.1) is 0 Å². The van der Waals surface area contributed by atoms with Crippen LogP contribution in [0.25, 0.3) is 0 Å². The molecule has 0 aromatic rings. The molecule has 0 fully saturated rings. The van der Waals surface area contributed by atoms with E-state index in [0.29, 0.717) is 0 Å². The molecular formula is CH6Cl3NPb. The standard InChI is InChI=1S/CH5N.3ClH.Pb.H/c1-2;;;;;/h2H2,1H3;3*1H;;/q;;;;+3;/p-3. The van der Waals surface area contributed by atoms with E-state index in [1.807, 2.05) is 0 Å². The number of nitrogens with two attached hydrogens (primary N) is 1. The summed E-state index contributed by atoms with van der Waals surface area (Å²) in [6, 6.07) is 0.